The molecule has 3 amide bonds. The Kier molecular flexibility index (Phi) is 7.41. The van der Waals surface area contributed by atoms with Crippen molar-refractivity contribution in [2.45, 2.75) is 19.6 Å². The Balaban J connectivity index is 1.48. The first kappa shape index (κ1) is 26.0. The molecule has 0 saturated heterocycles. The summed E-state index contributed by atoms with van der Waals surface area (Å²) in [6.45, 7) is 1.15. The van der Waals surface area contributed by atoms with Gasteiger partial charge in [0.1, 0.15) is 24.6 Å². The monoisotopic (exact) mass is 536 g/mol. The second kappa shape index (κ2) is 11.4. The summed E-state index contributed by atoms with van der Waals surface area (Å²) in [6, 6.07) is 17.8. The molecule has 0 spiro atoms. The Labute approximate surface area is 228 Å². The zero-order chi connectivity index (χ0) is 28.1. The van der Waals surface area contributed by atoms with Crippen LogP contribution in [-0.4, -0.2) is 34.5 Å². The number of amides is 3. The topological polar surface area (TPSA) is 158 Å². The first-order chi connectivity index (χ1) is 19.4. The fourth-order valence-electron chi connectivity index (χ4n) is 4.40. The van der Waals surface area contributed by atoms with Gasteiger partial charge in [0.2, 0.25) is 5.91 Å². The molecule has 0 saturated carbocycles. The Morgan fingerprint density at radius 2 is 1.95 bits per heavy atom. The molecular formula is C29H24N6O5. The van der Waals surface area contributed by atoms with E-state index in [0.29, 0.717) is 33.8 Å². The van der Waals surface area contributed by atoms with Crippen molar-refractivity contribution in [3.05, 3.63) is 101 Å². The summed E-state index contributed by atoms with van der Waals surface area (Å²) in [5, 5.41) is 18.1. The van der Waals surface area contributed by atoms with Gasteiger partial charge in [-0.1, -0.05) is 18.2 Å². The number of aromatic nitrogens is 2. The van der Waals surface area contributed by atoms with Gasteiger partial charge in [-0.15, -0.1) is 0 Å². The normalized spacial score (nSPS) is 14.6. The molecule has 4 N–H and O–H groups in total. The lowest BCUT2D eigenvalue weighted by Crippen LogP contribution is -2.47. The van der Waals surface area contributed by atoms with Gasteiger partial charge in [-0.2, -0.15) is 5.26 Å². The predicted molar refractivity (Wildman–Crippen MR) is 145 cm³/mol. The number of hydrogen-bond donors (Lipinski definition) is 4. The van der Waals surface area contributed by atoms with Gasteiger partial charge in [0.25, 0.3) is 0 Å². The number of nitrogens with one attached hydrogen (secondary N) is 4. The van der Waals surface area contributed by atoms with Gasteiger partial charge < -0.3 is 30.4 Å². The molecule has 4 aromatic rings. The molecule has 11 nitrogen and oxygen atoms in total. The maximum Gasteiger partial charge on any atom is 0.338 e. The molecule has 1 unspecified atom stereocenters. The van der Waals surface area contributed by atoms with Gasteiger partial charge in [0.05, 0.1) is 28.9 Å². The Hall–Kier alpha value is -5.63. The molecule has 3 heterocycles. The second-order valence-electron chi connectivity index (χ2n) is 8.95. The first-order valence-electron chi connectivity index (χ1n) is 12.3. The molecule has 0 fully saturated rings. The number of carbonyl (C=O) groups excluding carboxylic acids is 3. The molecule has 0 bridgehead atoms. The number of ether oxygens (including phenoxy) is 2. The van der Waals surface area contributed by atoms with Gasteiger partial charge in [-0.3, -0.25) is 4.79 Å². The number of pyridine rings is 1. The number of carbonyl (C=O) groups is 3. The molecular weight excluding hydrogens is 512 g/mol. The van der Waals surface area contributed by atoms with Crippen molar-refractivity contribution in [2.75, 3.05) is 11.9 Å². The number of hydrogen-bond acceptors (Lipinski definition) is 7. The van der Waals surface area contributed by atoms with Gasteiger partial charge in [0.15, 0.2) is 0 Å². The molecule has 1 aliphatic rings. The fraction of sp³-hybridized carbons (Fsp3) is 0.138. The van der Waals surface area contributed by atoms with Gasteiger partial charge in [-0.25, -0.2) is 14.6 Å². The van der Waals surface area contributed by atoms with Crippen molar-refractivity contribution >= 4 is 34.6 Å². The van der Waals surface area contributed by atoms with E-state index < -0.39 is 18.0 Å². The molecule has 0 aliphatic carbocycles. The lowest BCUT2D eigenvalue weighted by molar-refractivity contribution is -0.140. The number of esters is 1. The molecule has 2 aromatic carbocycles. The largest absolute Gasteiger partial charge is 0.487 e. The van der Waals surface area contributed by atoms with Gasteiger partial charge >= 0.3 is 12.0 Å². The molecule has 2 aromatic heterocycles. The van der Waals surface area contributed by atoms with Crippen LogP contribution in [0.15, 0.2) is 84.3 Å². The summed E-state index contributed by atoms with van der Waals surface area (Å²) in [5.74, 6) is -0.490. The van der Waals surface area contributed by atoms with Gasteiger partial charge in [0, 0.05) is 42.0 Å². The first-order valence-corrected chi connectivity index (χ1v) is 12.3. The van der Waals surface area contributed by atoms with E-state index in [9.17, 15) is 19.6 Å². The van der Waals surface area contributed by atoms with E-state index >= 15 is 0 Å². The van der Waals surface area contributed by atoms with Crippen molar-refractivity contribution in [3.8, 4) is 11.8 Å². The van der Waals surface area contributed by atoms with Crippen LogP contribution in [-0.2, 0) is 20.9 Å². The number of rotatable bonds is 8. The number of benzene rings is 2. The lowest BCUT2D eigenvalue weighted by atomic mass is 9.95. The van der Waals surface area contributed by atoms with Crippen molar-refractivity contribution in [3.63, 3.8) is 0 Å². The third kappa shape index (κ3) is 5.76. The number of nitrogens with zero attached hydrogens (tertiary/aromatic N) is 2. The number of nitriles is 1. The fourth-order valence-corrected chi connectivity index (χ4v) is 4.40. The molecule has 40 heavy (non-hydrogen) atoms. The summed E-state index contributed by atoms with van der Waals surface area (Å²) in [7, 11) is 0. The van der Waals surface area contributed by atoms with Crippen molar-refractivity contribution in [2.24, 2.45) is 0 Å². The minimum atomic E-state index is -0.867. The van der Waals surface area contributed by atoms with Crippen molar-refractivity contribution < 1.29 is 23.9 Å². The number of anilines is 1. The highest BCUT2D eigenvalue weighted by molar-refractivity contribution is 5.97. The molecule has 1 aliphatic heterocycles. The maximum atomic E-state index is 13.6. The van der Waals surface area contributed by atoms with E-state index in [1.165, 1.54) is 6.92 Å². The Morgan fingerprint density at radius 1 is 1.10 bits per heavy atom. The smallest absolute Gasteiger partial charge is 0.338 e. The van der Waals surface area contributed by atoms with E-state index in [1.54, 1.807) is 67.0 Å². The van der Waals surface area contributed by atoms with Crippen LogP contribution in [0.4, 0.5) is 10.5 Å². The number of urea groups is 1. The molecule has 0 radical (unpaired) electrons. The van der Waals surface area contributed by atoms with E-state index in [0.717, 1.165) is 5.39 Å². The highest BCUT2D eigenvalue weighted by Gasteiger charge is 2.35. The van der Waals surface area contributed by atoms with Crippen LogP contribution in [0.25, 0.3) is 11.0 Å². The highest BCUT2D eigenvalue weighted by atomic mass is 16.5. The van der Waals surface area contributed by atoms with E-state index in [1.807, 2.05) is 6.07 Å². The zero-order valence-corrected chi connectivity index (χ0v) is 21.4. The van der Waals surface area contributed by atoms with E-state index in [2.05, 4.69) is 32.0 Å². The Morgan fingerprint density at radius 3 is 2.77 bits per heavy atom. The summed E-state index contributed by atoms with van der Waals surface area (Å²) >= 11 is 0. The number of fused-ring (bicyclic) bond motifs is 1. The van der Waals surface area contributed by atoms with Crippen molar-refractivity contribution in [1.29, 1.82) is 5.26 Å². The SMILES string of the molecule is CC(=O)Nc1cccc(OCC2=C(C(=O)OCc3cccc(C#N)c3)C(c3c[nH]c4ncccc34)NC(=O)N2)c1. The zero-order valence-electron chi connectivity index (χ0n) is 21.4. The minimum Gasteiger partial charge on any atom is -0.487 e. The van der Waals surface area contributed by atoms with Crippen molar-refractivity contribution in [1.82, 2.24) is 20.6 Å². The lowest BCUT2D eigenvalue weighted by Gasteiger charge is -2.29. The van der Waals surface area contributed by atoms with Crippen LogP contribution in [0.1, 0.15) is 29.7 Å². The standard InChI is InChI=1S/C29H24N6O5/c1-17(36)33-20-7-3-8-21(12-20)39-16-24-25(28(37)40-15-19-6-2-5-18(11-19)13-30)26(35-29(38)34-24)23-14-32-27-22(23)9-4-10-31-27/h2-12,14,26H,15-16H2,1H3,(H,31,32)(H,33,36)(H2,34,35,38). The Bertz CT molecular complexity index is 1690. The van der Waals surface area contributed by atoms with E-state index in [-0.39, 0.29) is 30.4 Å². The van der Waals surface area contributed by atoms with Gasteiger partial charge in [-0.05, 0) is 42.0 Å². The summed E-state index contributed by atoms with van der Waals surface area (Å²) in [4.78, 5) is 45.2. The third-order valence-corrected chi connectivity index (χ3v) is 6.13. The average molecular weight is 537 g/mol. The number of aromatic amines is 1. The van der Waals surface area contributed by atoms with Crippen LogP contribution in [0.5, 0.6) is 5.75 Å². The average Bonchev–Trinajstić information content (AvgIpc) is 3.38. The summed E-state index contributed by atoms with van der Waals surface area (Å²) < 4.78 is 11.6. The summed E-state index contributed by atoms with van der Waals surface area (Å²) in [6.07, 6.45) is 3.32. The quantitative estimate of drug-likeness (QED) is 0.249. The van der Waals surface area contributed by atoms with Crippen LogP contribution < -0.4 is 20.7 Å². The van der Waals surface area contributed by atoms with Crippen LogP contribution >= 0.6 is 0 Å². The third-order valence-electron chi connectivity index (χ3n) is 6.13. The maximum absolute atomic E-state index is 13.6. The second-order valence-corrected chi connectivity index (χ2v) is 8.95. The highest BCUT2D eigenvalue weighted by Crippen LogP contribution is 2.32. The summed E-state index contributed by atoms with van der Waals surface area (Å²) in [5.41, 5.74) is 3.21. The molecule has 1 atom stereocenters. The van der Waals surface area contributed by atoms with Crippen LogP contribution in [0, 0.1) is 11.3 Å². The molecule has 11 heteroatoms. The van der Waals surface area contributed by atoms with Crippen LogP contribution in [0.3, 0.4) is 0 Å². The number of H-pyrrole nitrogens is 1. The van der Waals surface area contributed by atoms with Crippen LogP contribution in [0.2, 0.25) is 0 Å². The molecule has 200 valence electrons. The minimum absolute atomic E-state index is 0.0825. The van der Waals surface area contributed by atoms with E-state index in [4.69, 9.17) is 9.47 Å². The molecule has 5 rings (SSSR count). The predicted octanol–water partition coefficient (Wildman–Crippen LogP) is 3.82.